The number of sulfone groups is 1. The van der Waals surface area contributed by atoms with Gasteiger partial charge in [-0.1, -0.05) is 0 Å². The van der Waals surface area contributed by atoms with Crippen molar-refractivity contribution in [3.05, 3.63) is 41.2 Å². The van der Waals surface area contributed by atoms with E-state index in [9.17, 15) is 21.6 Å². The summed E-state index contributed by atoms with van der Waals surface area (Å²) in [5.74, 6) is -0.307. The summed E-state index contributed by atoms with van der Waals surface area (Å²) in [6.07, 6.45) is 2.84. The highest BCUT2D eigenvalue weighted by atomic mass is 32.2. The number of carbonyl (C=O) groups is 1. The lowest BCUT2D eigenvalue weighted by molar-refractivity contribution is 0.101. The van der Waals surface area contributed by atoms with E-state index >= 15 is 0 Å². The molecule has 11 heteroatoms. The molecular weight excluding hydrogens is 404 g/mol. The summed E-state index contributed by atoms with van der Waals surface area (Å²) in [5.41, 5.74) is 2.52. The van der Waals surface area contributed by atoms with Crippen LogP contribution in [-0.4, -0.2) is 44.0 Å². The van der Waals surface area contributed by atoms with Crippen LogP contribution in [0.5, 0.6) is 0 Å². The van der Waals surface area contributed by atoms with E-state index in [-0.39, 0.29) is 28.4 Å². The van der Waals surface area contributed by atoms with Gasteiger partial charge in [-0.2, -0.15) is 5.10 Å². The molecule has 1 aliphatic carbocycles. The Morgan fingerprint density at radius 1 is 1.21 bits per heavy atom. The SMILES string of the molecule is NS(=O)(=O)c1ccc(NC(=O)c2c3c(nn2C2CCS(=O)(=O)C2)CCC3)cc1. The van der Waals surface area contributed by atoms with E-state index in [1.165, 1.54) is 24.3 Å². The Morgan fingerprint density at radius 3 is 2.54 bits per heavy atom. The number of amides is 1. The third kappa shape index (κ3) is 3.56. The average molecular weight is 425 g/mol. The van der Waals surface area contributed by atoms with E-state index in [1.807, 2.05) is 0 Å². The van der Waals surface area contributed by atoms with E-state index in [1.54, 1.807) is 4.68 Å². The molecule has 1 aromatic heterocycles. The van der Waals surface area contributed by atoms with Gasteiger partial charge in [-0.05, 0) is 49.9 Å². The van der Waals surface area contributed by atoms with Gasteiger partial charge >= 0.3 is 0 Å². The van der Waals surface area contributed by atoms with Gasteiger partial charge in [-0.15, -0.1) is 0 Å². The van der Waals surface area contributed by atoms with Crippen molar-refractivity contribution in [1.82, 2.24) is 9.78 Å². The van der Waals surface area contributed by atoms with E-state index in [0.717, 1.165) is 30.5 Å². The van der Waals surface area contributed by atoms with Gasteiger partial charge in [-0.25, -0.2) is 22.0 Å². The van der Waals surface area contributed by atoms with Crippen LogP contribution in [0.25, 0.3) is 0 Å². The molecule has 2 aliphatic rings. The minimum absolute atomic E-state index is 0.0170. The molecule has 0 bridgehead atoms. The molecule has 1 unspecified atom stereocenters. The van der Waals surface area contributed by atoms with E-state index in [2.05, 4.69) is 10.4 Å². The number of primary sulfonamides is 1. The topological polar surface area (TPSA) is 141 Å². The van der Waals surface area contributed by atoms with Crippen LogP contribution in [0.2, 0.25) is 0 Å². The van der Waals surface area contributed by atoms with Gasteiger partial charge in [0.25, 0.3) is 5.91 Å². The van der Waals surface area contributed by atoms with Gasteiger partial charge in [0, 0.05) is 11.3 Å². The van der Waals surface area contributed by atoms with Crippen molar-refractivity contribution in [3.63, 3.8) is 0 Å². The number of benzene rings is 1. The summed E-state index contributed by atoms with van der Waals surface area (Å²) in [6.45, 7) is 0. The van der Waals surface area contributed by atoms with Crippen LogP contribution in [0.15, 0.2) is 29.2 Å². The predicted octanol–water partition coefficient (Wildman–Crippen LogP) is 0.631. The number of hydrogen-bond acceptors (Lipinski definition) is 6. The van der Waals surface area contributed by atoms with Crippen molar-refractivity contribution in [2.75, 3.05) is 16.8 Å². The lowest BCUT2D eigenvalue weighted by atomic mass is 10.1. The number of sulfonamides is 1. The van der Waals surface area contributed by atoms with Gasteiger partial charge in [0.2, 0.25) is 10.0 Å². The van der Waals surface area contributed by atoms with Crippen molar-refractivity contribution >= 4 is 31.5 Å². The van der Waals surface area contributed by atoms with Gasteiger partial charge in [0.15, 0.2) is 9.84 Å². The maximum absolute atomic E-state index is 13.0. The molecule has 0 saturated carbocycles. The van der Waals surface area contributed by atoms with Crippen molar-refractivity contribution in [2.45, 2.75) is 36.6 Å². The zero-order valence-corrected chi connectivity index (χ0v) is 16.6. The third-order valence-corrected chi connectivity index (χ3v) is 7.82. The Bertz CT molecular complexity index is 1150. The molecule has 2 heterocycles. The van der Waals surface area contributed by atoms with Crippen LogP contribution >= 0.6 is 0 Å². The monoisotopic (exact) mass is 424 g/mol. The first kappa shape index (κ1) is 19.1. The molecule has 1 fully saturated rings. The predicted molar refractivity (Wildman–Crippen MR) is 102 cm³/mol. The molecule has 4 rings (SSSR count). The molecular formula is C17H20N4O5S2. The number of hydrogen-bond donors (Lipinski definition) is 2. The quantitative estimate of drug-likeness (QED) is 0.737. The standard InChI is InChI=1S/C17H20N4O5S2/c18-28(25,26)13-6-4-11(5-7-13)19-17(22)16-14-2-1-3-15(14)20-21(16)12-8-9-27(23,24)10-12/h4-7,12H,1-3,8-10H2,(H,19,22)(H2,18,25,26). The summed E-state index contributed by atoms with van der Waals surface area (Å²) in [4.78, 5) is 12.9. The number of carbonyl (C=O) groups excluding carboxylic acids is 1. The van der Waals surface area contributed by atoms with Crippen molar-refractivity contribution in [3.8, 4) is 0 Å². The molecule has 1 amide bonds. The second-order valence-electron chi connectivity index (χ2n) is 7.15. The minimum Gasteiger partial charge on any atom is -0.321 e. The number of nitrogens with one attached hydrogen (secondary N) is 1. The van der Waals surface area contributed by atoms with Crippen LogP contribution in [0.4, 0.5) is 5.69 Å². The highest BCUT2D eigenvalue weighted by Crippen LogP contribution is 2.31. The summed E-state index contributed by atoms with van der Waals surface area (Å²) in [6, 6.07) is 5.20. The largest absolute Gasteiger partial charge is 0.321 e. The fourth-order valence-electron chi connectivity index (χ4n) is 3.80. The Labute approximate surface area is 162 Å². The molecule has 0 spiro atoms. The Kier molecular flexibility index (Phi) is 4.55. The molecule has 1 saturated heterocycles. The fourth-order valence-corrected chi connectivity index (χ4v) is 6.01. The van der Waals surface area contributed by atoms with Crippen LogP contribution in [0.1, 0.15) is 40.6 Å². The van der Waals surface area contributed by atoms with Crippen molar-refractivity contribution in [2.24, 2.45) is 5.14 Å². The van der Waals surface area contributed by atoms with Crippen molar-refractivity contribution in [1.29, 1.82) is 0 Å². The molecule has 1 aromatic carbocycles. The second kappa shape index (κ2) is 6.68. The molecule has 2 aromatic rings. The van der Waals surface area contributed by atoms with Gasteiger partial charge in [0.1, 0.15) is 5.69 Å². The molecule has 150 valence electrons. The average Bonchev–Trinajstić information content (AvgIpc) is 3.27. The number of nitrogens with two attached hydrogens (primary N) is 1. The summed E-state index contributed by atoms with van der Waals surface area (Å²) in [5, 5.41) is 12.4. The van der Waals surface area contributed by atoms with Crippen molar-refractivity contribution < 1.29 is 21.6 Å². The molecule has 1 atom stereocenters. The van der Waals surface area contributed by atoms with E-state index < -0.39 is 19.9 Å². The first-order chi connectivity index (χ1) is 13.1. The van der Waals surface area contributed by atoms with Gasteiger partial charge < -0.3 is 5.32 Å². The van der Waals surface area contributed by atoms with Gasteiger partial charge in [-0.3, -0.25) is 9.48 Å². The van der Waals surface area contributed by atoms with Crippen LogP contribution in [-0.2, 0) is 32.7 Å². The zero-order chi connectivity index (χ0) is 20.1. The highest BCUT2D eigenvalue weighted by Gasteiger charge is 2.35. The third-order valence-electron chi connectivity index (χ3n) is 5.14. The number of nitrogens with zero attached hydrogens (tertiary/aromatic N) is 2. The van der Waals surface area contributed by atoms with Crippen LogP contribution in [0, 0.1) is 0 Å². The Hall–Kier alpha value is -2.24. The van der Waals surface area contributed by atoms with E-state index in [0.29, 0.717) is 17.8 Å². The maximum atomic E-state index is 13.0. The Morgan fingerprint density at radius 2 is 1.93 bits per heavy atom. The maximum Gasteiger partial charge on any atom is 0.274 e. The smallest absolute Gasteiger partial charge is 0.274 e. The lowest BCUT2D eigenvalue weighted by Gasteiger charge is -2.15. The number of anilines is 1. The lowest BCUT2D eigenvalue weighted by Crippen LogP contribution is -2.23. The summed E-state index contributed by atoms with van der Waals surface area (Å²) in [7, 11) is -6.93. The summed E-state index contributed by atoms with van der Waals surface area (Å²) >= 11 is 0. The number of aromatic nitrogens is 2. The molecule has 0 radical (unpaired) electrons. The van der Waals surface area contributed by atoms with Crippen LogP contribution < -0.4 is 10.5 Å². The normalized spacial score (nSPS) is 20.8. The molecule has 9 nitrogen and oxygen atoms in total. The minimum atomic E-state index is -3.81. The fraction of sp³-hybridized carbons (Fsp3) is 0.412. The van der Waals surface area contributed by atoms with Gasteiger partial charge in [0.05, 0.1) is 28.1 Å². The Balaban J connectivity index is 1.64. The number of fused-ring (bicyclic) bond motifs is 1. The van der Waals surface area contributed by atoms with Crippen LogP contribution in [0.3, 0.4) is 0 Å². The first-order valence-corrected chi connectivity index (χ1v) is 12.3. The zero-order valence-electron chi connectivity index (χ0n) is 15.0. The molecule has 28 heavy (non-hydrogen) atoms. The second-order valence-corrected chi connectivity index (χ2v) is 10.9. The molecule has 1 aliphatic heterocycles. The summed E-state index contributed by atoms with van der Waals surface area (Å²) < 4.78 is 48.0. The number of aryl methyl sites for hydroxylation is 1. The van der Waals surface area contributed by atoms with E-state index in [4.69, 9.17) is 5.14 Å². The first-order valence-electron chi connectivity index (χ1n) is 8.89. The molecule has 3 N–H and O–H groups in total. The number of rotatable bonds is 4. The highest BCUT2D eigenvalue weighted by molar-refractivity contribution is 7.91.